The Balaban J connectivity index is 2.05. The van der Waals surface area contributed by atoms with Crippen LogP contribution in [0.25, 0.3) is 16.7 Å². The van der Waals surface area contributed by atoms with Crippen LogP contribution in [-0.2, 0) is 0 Å². The molecule has 2 heterocycles. The number of hydrogen-bond donors (Lipinski definition) is 0. The van der Waals surface area contributed by atoms with Gasteiger partial charge in [0, 0.05) is 19.7 Å². The van der Waals surface area contributed by atoms with E-state index in [9.17, 15) is 17.6 Å². The Morgan fingerprint density at radius 1 is 1.14 bits per heavy atom. The average molecular weight is 536 g/mol. The zero-order valence-corrected chi connectivity index (χ0v) is 17.6. The molecule has 11 heteroatoms. The summed E-state index contributed by atoms with van der Waals surface area (Å²) in [5, 5.41) is 8.69. The first-order valence-corrected chi connectivity index (χ1v) is 9.69. The van der Waals surface area contributed by atoms with Crippen LogP contribution < -0.4 is 4.90 Å². The van der Waals surface area contributed by atoms with Crippen molar-refractivity contribution in [2.45, 2.75) is 13.1 Å². The molecule has 0 saturated carbocycles. The highest BCUT2D eigenvalue weighted by atomic mass is 127. The maximum atomic E-state index is 14.0. The third kappa shape index (κ3) is 3.95. The molecule has 4 rings (SSSR count). The van der Waals surface area contributed by atoms with Crippen molar-refractivity contribution in [3.05, 3.63) is 56.6 Å². The van der Waals surface area contributed by atoms with Crippen LogP contribution in [0.5, 0.6) is 0 Å². The molecule has 0 radical (unpaired) electrons. The Hall–Kier alpha value is -2.21. The smallest absolute Gasteiger partial charge is 0.316 e. The summed E-state index contributed by atoms with van der Waals surface area (Å²) in [4.78, 5) is 5.24. The number of anilines is 2. The maximum absolute atomic E-state index is 14.0. The summed E-state index contributed by atoms with van der Waals surface area (Å²) in [6.45, 7) is 0.338. The zero-order chi connectivity index (χ0) is 20.9. The monoisotopic (exact) mass is 535 g/mol. The molecule has 0 aliphatic rings. The van der Waals surface area contributed by atoms with Crippen LogP contribution in [0.3, 0.4) is 0 Å². The Morgan fingerprint density at radius 2 is 1.90 bits per heavy atom. The minimum absolute atomic E-state index is 0.0182. The van der Waals surface area contributed by atoms with E-state index in [1.165, 1.54) is 12.1 Å². The average Bonchev–Trinajstić information content (AvgIpc) is 2.98. The van der Waals surface area contributed by atoms with E-state index in [0.29, 0.717) is 25.3 Å². The molecule has 0 unspecified atom stereocenters. The summed E-state index contributed by atoms with van der Waals surface area (Å²) in [6.07, 6.45) is -4.56. The molecule has 0 amide bonds. The highest BCUT2D eigenvalue weighted by Gasteiger charge is 2.33. The SMILES string of the molecule is Cc1nnc2nc(N(CC(F)(F)F)c3cc(F)cc(I)c3)c3ccc(Cl)cc3n12. The highest BCUT2D eigenvalue weighted by Crippen LogP contribution is 2.36. The third-order valence-electron chi connectivity index (χ3n) is 4.21. The lowest BCUT2D eigenvalue weighted by Gasteiger charge is -2.26. The summed E-state index contributed by atoms with van der Waals surface area (Å²) in [5.74, 6) is -0.0411. The molecule has 29 heavy (non-hydrogen) atoms. The van der Waals surface area contributed by atoms with Crippen molar-refractivity contribution < 1.29 is 17.6 Å². The largest absolute Gasteiger partial charge is 0.406 e. The fourth-order valence-electron chi connectivity index (χ4n) is 3.11. The number of nitrogens with zero attached hydrogens (tertiary/aromatic N) is 5. The molecular weight excluding hydrogens is 525 g/mol. The second-order valence-electron chi connectivity index (χ2n) is 6.31. The van der Waals surface area contributed by atoms with Gasteiger partial charge in [-0.1, -0.05) is 11.6 Å². The van der Waals surface area contributed by atoms with Gasteiger partial charge in [-0.25, -0.2) is 4.39 Å². The lowest BCUT2D eigenvalue weighted by Crippen LogP contribution is -2.31. The van der Waals surface area contributed by atoms with Crippen LogP contribution in [0.1, 0.15) is 5.82 Å². The van der Waals surface area contributed by atoms with Crippen molar-refractivity contribution in [2.75, 3.05) is 11.4 Å². The van der Waals surface area contributed by atoms with Crippen molar-refractivity contribution in [3.63, 3.8) is 0 Å². The Morgan fingerprint density at radius 3 is 2.59 bits per heavy atom. The number of benzene rings is 2. The van der Waals surface area contributed by atoms with Crippen molar-refractivity contribution in [3.8, 4) is 0 Å². The molecule has 0 aliphatic heterocycles. The van der Waals surface area contributed by atoms with Crippen molar-refractivity contribution in [2.24, 2.45) is 0 Å². The van der Waals surface area contributed by atoms with Crippen LogP contribution in [-0.4, -0.2) is 32.3 Å². The van der Waals surface area contributed by atoms with E-state index in [1.807, 2.05) is 22.6 Å². The van der Waals surface area contributed by atoms with Gasteiger partial charge >= 0.3 is 6.18 Å². The van der Waals surface area contributed by atoms with E-state index in [4.69, 9.17) is 11.6 Å². The summed E-state index contributed by atoms with van der Waals surface area (Å²) >= 11 is 7.97. The molecule has 2 aromatic heterocycles. The molecule has 5 nitrogen and oxygen atoms in total. The minimum atomic E-state index is -4.56. The number of halogens is 6. The molecule has 0 saturated heterocycles. The Bertz CT molecular complexity index is 1220. The van der Waals surface area contributed by atoms with Gasteiger partial charge in [-0.15, -0.1) is 10.2 Å². The number of aryl methyl sites for hydroxylation is 1. The number of alkyl halides is 3. The number of hydrogen-bond acceptors (Lipinski definition) is 4. The van der Waals surface area contributed by atoms with Crippen LogP contribution in [0, 0.1) is 16.3 Å². The lowest BCUT2D eigenvalue weighted by molar-refractivity contribution is -0.118. The van der Waals surface area contributed by atoms with Gasteiger partial charge in [-0.05, 0) is 65.9 Å². The van der Waals surface area contributed by atoms with Gasteiger partial charge in [0.1, 0.15) is 24.0 Å². The van der Waals surface area contributed by atoms with Crippen LogP contribution in [0.4, 0.5) is 29.1 Å². The van der Waals surface area contributed by atoms with Crippen molar-refractivity contribution in [1.29, 1.82) is 0 Å². The standard InChI is InChI=1S/C18H11ClF4IN5/c1-9-26-27-17-25-16(14-3-2-10(19)4-15(14)29(9)17)28(8-18(21,22)23)13-6-11(20)5-12(24)7-13/h2-7H,8H2,1H3. The normalized spacial score (nSPS) is 12.1. The molecule has 0 atom stereocenters. The van der Waals surface area contributed by atoms with Crippen LogP contribution in [0.2, 0.25) is 5.02 Å². The van der Waals surface area contributed by atoms with E-state index < -0.39 is 18.5 Å². The molecule has 150 valence electrons. The Labute approximate surface area is 180 Å². The van der Waals surface area contributed by atoms with Gasteiger partial charge < -0.3 is 4.90 Å². The summed E-state index contributed by atoms with van der Waals surface area (Å²) in [6, 6.07) is 8.46. The van der Waals surface area contributed by atoms with E-state index in [0.717, 1.165) is 11.0 Å². The molecule has 4 aromatic rings. The first kappa shape index (κ1) is 20.1. The van der Waals surface area contributed by atoms with Gasteiger partial charge in [0.2, 0.25) is 0 Å². The molecule has 0 bridgehead atoms. The predicted molar refractivity (Wildman–Crippen MR) is 110 cm³/mol. The van der Waals surface area contributed by atoms with E-state index >= 15 is 0 Å². The van der Waals surface area contributed by atoms with E-state index in [-0.39, 0.29) is 17.3 Å². The number of rotatable bonds is 3. The lowest BCUT2D eigenvalue weighted by atomic mass is 10.2. The zero-order valence-electron chi connectivity index (χ0n) is 14.7. The fourth-order valence-corrected chi connectivity index (χ4v) is 3.89. The van der Waals surface area contributed by atoms with Gasteiger partial charge in [-0.2, -0.15) is 18.2 Å². The predicted octanol–water partition coefficient (Wildman–Crippen LogP) is 5.68. The van der Waals surface area contributed by atoms with Crippen LogP contribution in [0.15, 0.2) is 36.4 Å². The van der Waals surface area contributed by atoms with Crippen molar-refractivity contribution in [1.82, 2.24) is 19.6 Å². The van der Waals surface area contributed by atoms with Crippen molar-refractivity contribution >= 4 is 62.4 Å². The molecule has 0 N–H and O–H groups in total. The maximum Gasteiger partial charge on any atom is 0.406 e. The van der Waals surface area contributed by atoms with E-state index in [2.05, 4.69) is 15.2 Å². The summed E-state index contributed by atoms with van der Waals surface area (Å²) in [5.41, 5.74) is 0.523. The molecule has 0 fully saturated rings. The van der Waals surface area contributed by atoms with Gasteiger partial charge in [-0.3, -0.25) is 4.40 Å². The first-order valence-electron chi connectivity index (χ1n) is 8.24. The quantitative estimate of drug-likeness (QED) is 0.250. The molecule has 2 aromatic carbocycles. The van der Waals surface area contributed by atoms with Crippen LogP contribution >= 0.6 is 34.2 Å². The van der Waals surface area contributed by atoms with Gasteiger partial charge in [0.05, 0.1) is 5.52 Å². The fraction of sp³-hybridized carbons (Fsp3) is 0.167. The second-order valence-corrected chi connectivity index (χ2v) is 7.99. The summed E-state index contributed by atoms with van der Waals surface area (Å²) in [7, 11) is 0. The number of fused-ring (bicyclic) bond motifs is 3. The molecule has 0 aliphatic carbocycles. The molecule has 0 spiro atoms. The highest BCUT2D eigenvalue weighted by molar-refractivity contribution is 14.1. The second kappa shape index (κ2) is 7.24. The Kier molecular flexibility index (Phi) is 5.01. The molecular formula is C18H11ClF4IN5. The van der Waals surface area contributed by atoms with E-state index in [1.54, 1.807) is 29.5 Å². The summed E-state index contributed by atoms with van der Waals surface area (Å²) < 4.78 is 56.4. The third-order valence-corrected chi connectivity index (χ3v) is 5.07. The van der Waals surface area contributed by atoms with Gasteiger partial charge in [0.15, 0.2) is 0 Å². The number of aromatic nitrogens is 4. The first-order chi connectivity index (χ1) is 13.6. The minimum Gasteiger partial charge on any atom is -0.316 e. The topological polar surface area (TPSA) is 46.3 Å². The van der Waals surface area contributed by atoms with Gasteiger partial charge in [0.25, 0.3) is 5.78 Å².